The molecule has 198 valence electrons. The molecule has 0 saturated heterocycles. The second-order valence-electron chi connectivity index (χ2n) is 10.5. The van der Waals surface area contributed by atoms with Gasteiger partial charge in [-0.1, -0.05) is 83.7 Å². The van der Waals surface area contributed by atoms with Crippen molar-refractivity contribution in [3.8, 4) is 0 Å². The average Bonchev–Trinajstić information content (AvgIpc) is 3.21. The molecule has 36 heavy (non-hydrogen) atoms. The Balaban J connectivity index is 1.90. The number of hydrogen-bond acceptors (Lipinski definition) is 3. The van der Waals surface area contributed by atoms with Crippen LogP contribution in [0.1, 0.15) is 71.8 Å². The molecule has 2 heterocycles. The molecule has 0 aliphatic carbocycles. The third-order valence-corrected chi connectivity index (χ3v) is 7.09. The van der Waals surface area contributed by atoms with E-state index in [9.17, 15) is 4.79 Å². The minimum Gasteiger partial charge on any atom is -0.375 e. The van der Waals surface area contributed by atoms with E-state index in [1.54, 1.807) is 0 Å². The fourth-order valence-electron chi connectivity index (χ4n) is 5.21. The summed E-state index contributed by atoms with van der Waals surface area (Å²) in [5, 5.41) is 4.59. The summed E-state index contributed by atoms with van der Waals surface area (Å²) in [5.41, 5.74) is 3.63. The van der Waals surface area contributed by atoms with Crippen molar-refractivity contribution in [2.45, 2.75) is 91.3 Å². The summed E-state index contributed by atoms with van der Waals surface area (Å²) in [6.07, 6.45) is 19.0. The van der Waals surface area contributed by atoms with Gasteiger partial charge in [0, 0.05) is 30.9 Å². The lowest BCUT2D eigenvalue weighted by molar-refractivity contribution is -0.124. The lowest BCUT2D eigenvalue weighted by Gasteiger charge is -2.32. The van der Waals surface area contributed by atoms with E-state index in [4.69, 9.17) is 4.74 Å². The molecule has 1 N–H and O–H groups in total. The smallest absolute Gasteiger partial charge is 0.243 e. The minimum atomic E-state index is -0.240. The van der Waals surface area contributed by atoms with Gasteiger partial charge >= 0.3 is 0 Å². The number of ether oxygens (including phenoxy) is 1. The Morgan fingerprint density at radius 1 is 1.08 bits per heavy atom. The Bertz CT molecular complexity index is 1020. The van der Waals surface area contributed by atoms with Gasteiger partial charge in [-0.15, -0.1) is 0 Å². The highest BCUT2D eigenvalue weighted by molar-refractivity contribution is 5.98. The summed E-state index contributed by atoms with van der Waals surface area (Å²) in [6.45, 7) is 10.6. The number of allylic oxidation sites excluding steroid dienone is 3. The molecule has 0 saturated carbocycles. The molecule has 5 heteroatoms. The molecular formula is C31H47N3O2. The predicted molar refractivity (Wildman–Crippen MR) is 153 cm³/mol. The first-order chi connectivity index (χ1) is 17.5. The Morgan fingerprint density at radius 3 is 2.50 bits per heavy atom. The second-order valence-corrected chi connectivity index (χ2v) is 10.5. The maximum absolute atomic E-state index is 13.4. The molecule has 5 nitrogen and oxygen atoms in total. The number of carbonyl (C=O) groups is 1. The van der Waals surface area contributed by atoms with Crippen LogP contribution in [-0.2, 0) is 22.5 Å². The Hall–Kier alpha value is -2.53. The van der Waals surface area contributed by atoms with E-state index in [1.165, 1.54) is 42.1 Å². The van der Waals surface area contributed by atoms with Crippen molar-refractivity contribution in [3.05, 3.63) is 54.3 Å². The van der Waals surface area contributed by atoms with Crippen molar-refractivity contribution in [3.63, 3.8) is 0 Å². The highest BCUT2D eigenvalue weighted by atomic mass is 16.5. The summed E-state index contributed by atoms with van der Waals surface area (Å²) in [7, 11) is 2.06. The number of likely N-dealkylation sites (N-methyl/N-ethyl adjacent to an activating group) is 1. The molecule has 2 atom stereocenters. The zero-order valence-electron chi connectivity index (χ0n) is 23.1. The zero-order valence-corrected chi connectivity index (χ0v) is 23.1. The number of rotatable bonds is 13. The van der Waals surface area contributed by atoms with Crippen LogP contribution in [0.15, 0.2) is 48.7 Å². The fraction of sp³-hybridized carbons (Fsp3) is 0.581. The predicted octanol–water partition coefficient (Wildman–Crippen LogP) is 6.65. The normalized spacial score (nSPS) is 18.8. The van der Waals surface area contributed by atoms with Crippen LogP contribution < -0.4 is 10.2 Å². The van der Waals surface area contributed by atoms with Crippen LogP contribution >= 0.6 is 0 Å². The second kappa shape index (κ2) is 14.3. The molecule has 1 aromatic heterocycles. The maximum Gasteiger partial charge on any atom is 0.243 e. The number of nitrogens with one attached hydrogen (secondary N) is 1. The number of benzene rings is 1. The minimum absolute atomic E-state index is 0.0681. The van der Waals surface area contributed by atoms with Crippen LogP contribution in [0.2, 0.25) is 0 Å². The first-order valence-corrected chi connectivity index (χ1v) is 14.0. The van der Waals surface area contributed by atoms with Crippen LogP contribution in [0.25, 0.3) is 10.9 Å². The molecule has 0 unspecified atom stereocenters. The van der Waals surface area contributed by atoms with E-state index >= 15 is 0 Å². The maximum atomic E-state index is 13.4. The third kappa shape index (κ3) is 7.25. The zero-order chi connectivity index (χ0) is 25.9. The summed E-state index contributed by atoms with van der Waals surface area (Å²) >= 11 is 0. The SMILES string of the molecule is CCCC/C=C/COC[C@@H]1Cc2cn(C/C=C/CCCC)c3cccc(c23)N(C)[C@@H](C(C)C)C(=O)N1. The van der Waals surface area contributed by atoms with Gasteiger partial charge in [0.05, 0.1) is 24.8 Å². The number of carbonyl (C=O) groups excluding carboxylic acids is 1. The van der Waals surface area contributed by atoms with Gasteiger partial charge in [0.2, 0.25) is 5.91 Å². The Labute approximate surface area is 218 Å². The summed E-state index contributed by atoms with van der Waals surface area (Å²) in [6, 6.07) is 6.18. The van der Waals surface area contributed by atoms with Crippen LogP contribution in [0, 0.1) is 5.92 Å². The topological polar surface area (TPSA) is 46.5 Å². The average molecular weight is 494 g/mol. The lowest BCUT2D eigenvalue weighted by Crippen LogP contribution is -2.52. The van der Waals surface area contributed by atoms with E-state index in [-0.39, 0.29) is 23.9 Å². The largest absolute Gasteiger partial charge is 0.375 e. The van der Waals surface area contributed by atoms with Gasteiger partial charge in [-0.2, -0.15) is 0 Å². The van der Waals surface area contributed by atoms with Crippen molar-refractivity contribution < 1.29 is 9.53 Å². The van der Waals surface area contributed by atoms with Gasteiger partial charge < -0.3 is 19.5 Å². The van der Waals surface area contributed by atoms with Crippen LogP contribution in [-0.4, -0.2) is 42.8 Å². The van der Waals surface area contributed by atoms with E-state index in [0.717, 1.165) is 31.5 Å². The molecule has 2 aromatic rings. The van der Waals surface area contributed by atoms with Gasteiger partial charge in [0.15, 0.2) is 0 Å². The third-order valence-electron chi connectivity index (χ3n) is 7.09. The molecular weight excluding hydrogens is 446 g/mol. The van der Waals surface area contributed by atoms with Gasteiger partial charge in [0.25, 0.3) is 0 Å². The van der Waals surface area contributed by atoms with Crippen LogP contribution in [0.5, 0.6) is 0 Å². The lowest BCUT2D eigenvalue weighted by atomic mass is 10.0. The molecule has 1 aromatic carbocycles. The summed E-state index contributed by atoms with van der Waals surface area (Å²) in [4.78, 5) is 15.6. The van der Waals surface area contributed by atoms with Gasteiger partial charge in [-0.3, -0.25) is 4.79 Å². The van der Waals surface area contributed by atoms with Crippen LogP contribution in [0.4, 0.5) is 5.69 Å². The number of anilines is 1. The van der Waals surface area contributed by atoms with Crippen molar-refractivity contribution in [1.82, 2.24) is 9.88 Å². The Morgan fingerprint density at radius 2 is 1.81 bits per heavy atom. The quantitative estimate of drug-likeness (QED) is 0.251. The van der Waals surface area contributed by atoms with Crippen molar-refractivity contribution >= 4 is 22.5 Å². The van der Waals surface area contributed by atoms with Crippen molar-refractivity contribution in [2.24, 2.45) is 5.92 Å². The number of nitrogens with zero attached hydrogens (tertiary/aromatic N) is 2. The molecule has 1 aliphatic rings. The molecule has 0 radical (unpaired) electrons. The monoisotopic (exact) mass is 493 g/mol. The van der Waals surface area contributed by atoms with Crippen molar-refractivity contribution in [2.75, 3.05) is 25.2 Å². The summed E-state index contributed by atoms with van der Waals surface area (Å²) < 4.78 is 8.38. The molecule has 0 fully saturated rings. The molecule has 3 rings (SSSR count). The van der Waals surface area contributed by atoms with Crippen molar-refractivity contribution in [1.29, 1.82) is 0 Å². The number of unbranched alkanes of at least 4 members (excludes halogenated alkanes) is 4. The molecule has 1 aliphatic heterocycles. The molecule has 0 spiro atoms. The van der Waals surface area contributed by atoms with Crippen LogP contribution in [0.3, 0.4) is 0 Å². The summed E-state index contributed by atoms with van der Waals surface area (Å²) in [5.74, 6) is 0.256. The van der Waals surface area contributed by atoms with Gasteiger partial charge in [-0.25, -0.2) is 0 Å². The van der Waals surface area contributed by atoms with Gasteiger partial charge in [-0.05, 0) is 42.9 Å². The first-order valence-electron chi connectivity index (χ1n) is 14.0. The highest BCUT2D eigenvalue weighted by Crippen LogP contribution is 2.35. The standard InChI is InChI=1S/C31H47N3O2/c1-6-8-10-12-14-19-34-22-25-21-26(23-36-20-15-13-11-9-7-2)32-31(35)30(24(3)4)33(5)27-17-16-18-28(34)29(25)27/h12-18,22,24,26,30H,6-11,19-21,23H2,1-5H3,(H,32,35)/b14-12+,15-13+/t26-,30-/m0/s1. The fourth-order valence-corrected chi connectivity index (χ4v) is 5.21. The number of amides is 1. The van der Waals surface area contributed by atoms with E-state index in [1.807, 2.05) is 0 Å². The van der Waals surface area contributed by atoms with Gasteiger partial charge in [0.1, 0.15) is 6.04 Å². The first kappa shape index (κ1) is 28.0. The molecule has 0 bridgehead atoms. The van der Waals surface area contributed by atoms with E-state index in [2.05, 4.69) is 98.2 Å². The molecule has 1 amide bonds. The number of hydrogen-bond donors (Lipinski definition) is 1. The highest BCUT2D eigenvalue weighted by Gasteiger charge is 2.32. The Kier molecular flexibility index (Phi) is 11.1. The van der Waals surface area contributed by atoms with E-state index < -0.39 is 0 Å². The number of aromatic nitrogens is 1. The van der Waals surface area contributed by atoms with E-state index in [0.29, 0.717) is 13.2 Å².